The highest BCUT2D eigenvalue weighted by Crippen LogP contribution is 2.15. The molecule has 1 aromatic rings. The Hall–Kier alpha value is -1.69. The fraction of sp³-hybridized carbons (Fsp3) is 0.417. The molecule has 0 radical (unpaired) electrons. The van der Waals surface area contributed by atoms with E-state index in [0.29, 0.717) is 13.0 Å². The molecule has 1 unspecified atom stereocenters. The SMILES string of the molecule is CC(N)CCN(C)C(=O)Nc1ccc(F)cc1F. The zero-order valence-electron chi connectivity index (χ0n) is 10.4. The Bertz CT molecular complexity index is 424. The highest BCUT2D eigenvalue weighted by Gasteiger charge is 2.12. The number of nitrogens with zero attached hydrogens (tertiary/aromatic N) is 1. The number of anilines is 1. The Balaban J connectivity index is 2.58. The number of benzene rings is 1. The molecule has 0 heterocycles. The van der Waals surface area contributed by atoms with E-state index in [-0.39, 0.29) is 11.7 Å². The van der Waals surface area contributed by atoms with Gasteiger partial charge in [-0.15, -0.1) is 0 Å². The Morgan fingerprint density at radius 3 is 2.72 bits per heavy atom. The first-order valence-corrected chi connectivity index (χ1v) is 5.63. The Labute approximate surface area is 105 Å². The second-order valence-corrected chi connectivity index (χ2v) is 4.24. The average molecular weight is 257 g/mol. The van der Waals surface area contributed by atoms with E-state index < -0.39 is 17.7 Å². The van der Waals surface area contributed by atoms with Crippen LogP contribution in [0.4, 0.5) is 19.3 Å². The number of rotatable bonds is 4. The van der Waals surface area contributed by atoms with Crippen molar-refractivity contribution in [1.29, 1.82) is 0 Å². The van der Waals surface area contributed by atoms with Crippen LogP contribution in [0.15, 0.2) is 18.2 Å². The van der Waals surface area contributed by atoms with Gasteiger partial charge in [-0.05, 0) is 25.5 Å². The molecule has 18 heavy (non-hydrogen) atoms. The van der Waals surface area contributed by atoms with Gasteiger partial charge in [0.25, 0.3) is 0 Å². The maximum atomic E-state index is 13.3. The molecule has 0 bridgehead atoms. The Morgan fingerprint density at radius 1 is 1.50 bits per heavy atom. The van der Waals surface area contributed by atoms with E-state index in [4.69, 9.17) is 5.73 Å². The lowest BCUT2D eigenvalue weighted by Gasteiger charge is -2.19. The standard InChI is InChI=1S/C12H17F2N3O/c1-8(15)5-6-17(2)12(18)16-11-4-3-9(13)7-10(11)14/h3-4,7-8H,5-6,15H2,1-2H3,(H,16,18). The van der Waals surface area contributed by atoms with Crippen LogP contribution in [0.5, 0.6) is 0 Å². The van der Waals surface area contributed by atoms with Crippen LogP contribution in [-0.2, 0) is 0 Å². The Morgan fingerprint density at radius 2 is 2.17 bits per heavy atom. The highest BCUT2D eigenvalue weighted by atomic mass is 19.1. The van der Waals surface area contributed by atoms with Crippen LogP contribution in [-0.4, -0.2) is 30.6 Å². The average Bonchev–Trinajstić information content (AvgIpc) is 2.29. The van der Waals surface area contributed by atoms with E-state index in [2.05, 4.69) is 5.32 Å². The Kier molecular flexibility index (Phi) is 5.03. The number of hydrogen-bond acceptors (Lipinski definition) is 2. The lowest BCUT2D eigenvalue weighted by Crippen LogP contribution is -2.34. The number of urea groups is 1. The van der Waals surface area contributed by atoms with Gasteiger partial charge in [-0.1, -0.05) is 0 Å². The van der Waals surface area contributed by atoms with Crippen molar-refractivity contribution in [1.82, 2.24) is 4.90 Å². The van der Waals surface area contributed by atoms with E-state index in [1.54, 1.807) is 7.05 Å². The summed E-state index contributed by atoms with van der Waals surface area (Å²) in [6.07, 6.45) is 0.649. The summed E-state index contributed by atoms with van der Waals surface area (Å²) < 4.78 is 26.0. The summed E-state index contributed by atoms with van der Waals surface area (Å²) in [5.41, 5.74) is 5.53. The highest BCUT2D eigenvalue weighted by molar-refractivity contribution is 5.89. The van der Waals surface area contributed by atoms with E-state index in [1.807, 2.05) is 6.92 Å². The third-order valence-electron chi connectivity index (χ3n) is 2.44. The summed E-state index contributed by atoms with van der Waals surface area (Å²) in [6, 6.07) is 2.52. The van der Waals surface area contributed by atoms with Crippen LogP contribution < -0.4 is 11.1 Å². The molecule has 1 aromatic carbocycles. The third kappa shape index (κ3) is 4.29. The summed E-state index contributed by atoms with van der Waals surface area (Å²) in [6.45, 7) is 2.30. The molecule has 6 heteroatoms. The molecule has 2 amide bonds. The van der Waals surface area contributed by atoms with Crippen molar-refractivity contribution >= 4 is 11.7 Å². The van der Waals surface area contributed by atoms with Crippen molar-refractivity contribution in [2.24, 2.45) is 5.73 Å². The van der Waals surface area contributed by atoms with Crippen LogP contribution in [0.2, 0.25) is 0 Å². The van der Waals surface area contributed by atoms with Crippen LogP contribution in [0.3, 0.4) is 0 Å². The van der Waals surface area contributed by atoms with Gasteiger partial charge in [-0.3, -0.25) is 0 Å². The quantitative estimate of drug-likeness (QED) is 0.868. The van der Waals surface area contributed by atoms with Crippen molar-refractivity contribution in [2.45, 2.75) is 19.4 Å². The number of carbonyl (C=O) groups is 1. The maximum Gasteiger partial charge on any atom is 0.321 e. The van der Waals surface area contributed by atoms with Gasteiger partial charge < -0.3 is 16.0 Å². The first-order valence-electron chi connectivity index (χ1n) is 5.63. The summed E-state index contributed by atoms with van der Waals surface area (Å²) in [7, 11) is 1.58. The van der Waals surface area contributed by atoms with Gasteiger partial charge in [0.15, 0.2) is 0 Å². The molecule has 0 fully saturated rings. The van der Waals surface area contributed by atoms with Crippen molar-refractivity contribution in [3.05, 3.63) is 29.8 Å². The van der Waals surface area contributed by atoms with Crippen LogP contribution >= 0.6 is 0 Å². The van der Waals surface area contributed by atoms with E-state index in [9.17, 15) is 13.6 Å². The molecule has 4 nitrogen and oxygen atoms in total. The summed E-state index contributed by atoms with van der Waals surface area (Å²) in [5.74, 6) is -1.49. The second kappa shape index (κ2) is 6.30. The molecule has 0 aromatic heterocycles. The van der Waals surface area contributed by atoms with Crippen LogP contribution in [0.25, 0.3) is 0 Å². The molecule has 0 aliphatic carbocycles. The molecule has 3 N–H and O–H groups in total. The molecule has 1 atom stereocenters. The summed E-state index contributed by atoms with van der Waals surface area (Å²) >= 11 is 0. The molecule has 0 aliphatic heterocycles. The number of hydrogen-bond donors (Lipinski definition) is 2. The van der Waals surface area contributed by atoms with Gasteiger partial charge in [0, 0.05) is 25.7 Å². The fourth-order valence-corrected chi connectivity index (χ4v) is 1.30. The normalized spacial score (nSPS) is 12.1. The number of nitrogens with one attached hydrogen (secondary N) is 1. The van der Waals surface area contributed by atoms with Gasteiger partial charge in [0.05, 0.1) is 5.69 Å². The van der Waals surface area contributed by atoms with E-state index >= 15 is 0 Å². The molecule has 0 saturated carbocycles. The van der Waals surface area contributed by atoms with Crippen molar-refractivity contribution in [3.8, 4) is 0 Å². The molecule has 100 valence electrons. The predicted molar refractivity (Wildman–Crippen MR) is 66.3 cm³/mol. The van der Waals surface area contributed by atoms with Crippen molar-refractivity contribution < 1.29 is 13.6 Å². The van der Waals surface area contributed by atoms with Crippen LogP contribution in [0.1, 0.15) is 13.3 Å². The van der Waals surface area contributed by atoms with Gasteiger partial charge in [-0.25, -0.2) is 13.6 Å². The van der Waals surface area contributed by atoms with Gasteiger partial charge in [0.1, 0.15) is 11.6 Å². The van der Waals surface area contributed by atoms with Crippen molar-refractivity contribution in [3.63, 3.8) is 0 Å². The molecule has 0 aliphatic rings. The van der Waals surface area contributed by atoms with Crippen LogP contribution in [0, 0.1) is 11.6 Å². The second-order valence-electron chi connectivity index (χ2n) is 4.24. The number of nitrogens with two attached hydrogens (primary N) is 1. The minimum Gasteiger partial charge on any atom is -0.328 e. The van der Waals surface area contributed by atoms with Gasteiger partial charge in [-0.2, -0.15) is 0 Å². The minimum absolute atomic E-state index is 0.0113. The van der Waals surface area contributed by atoms with Gasteiger partial charge in [0.2, 0.25) is 0 Å². The number of amides is 2. The topological polar surface area (TPSA) is 58.4 Å². The van der Waals surface area contributed by atoms with Gasteiger partial charge >= 0.3 is 6.03 Å². The first-order chi connectivity index (χ1) is 8.40. The lowest BCUT2D eigenvalue weighted by molar-refractivity contribution is 0.221. The lowest BCUT2D eigenvalue weighted by atomic mass is 10.2. The monoisotopic (exact) mass is 257 g/mol. The zero-order chi connectivity index (χ0) is 13.7. The predicted octanol–water partition coefficient (Wildman–Crippen LogP) is 2.17. The minimum atomic E-state index is -0.802. The zero-order valence-corrected chi connectivity index (χ0v) is 10.4. The molecule has 0 saturated heterocycles. The largest absolute Gasteiger partial charge is 0.328 e. The molecular weight excluding hydrogens is 240 g/mol. The number of halogens is 2. The molecular formula is C12H17F2N3O. The van der Waals surface area contributed by atoms with Crippen molar-refractivity contribution in [2.75, 3.05) is 18.9 Å². The molecule has 1 rings (SSSR count). The summed E-state index contributed by atoms with van der Waals surface area (Å²) in [5, 5.41) is 2.37. The van der Waals surface area contributed by atoms with E-state index in [1.165, 1.54) is 11.0 Å². The number of carbonyl (C=O) groups excluding carboxylic acids is 1. The molecule has 0 spiro atoms. The smallest absolute Gasteiger partial charge is 0.321 e. The summed E-state index contributed by atoms with van der Waals surface area (Å²) in [4.78, 5) is 13.1. The fourth-order valence-electron chi connectivity index (χ4n) is 1.30. The first kappa shape index (κ1) is 14.4. The van der Waals surface area contributed by atoms with E-state index in [0.717, 1.165) is 12.1 Å². The maximum absolute atomic E-state index is 13.3. The third-order valence-corrected chi connectivity index (χ3v) is 2.44.